The molecule has 0 aliphatic carbocycles. The summed E-state index contributed by atoms with van der Waals surface area (Å²) in [5.74, 6) is 0. The van der Waals surface area contributed by atoms with Gasteiger partial charge in [-0.1, -0.05) is 13.8 Å². The molecule has 0 amide bonds. The largest absolute Gasteiger partial charge is 0.234 e. The van der Waals surface area contributed by atoms with Gasteiger partial charge in [0, 0.05) is 18.0 Å². The zero-order chi connectivity index (χ0) is 9.84. The van der Waals surface area contributed by atoms with Crippen molar-refractivity contribution in [2.24, 2.45) is 0 Å². The van der Waals surface area contributed by atoms with Crippen molar-refractivity contribution in [1.82, 2.24) is 14.6 Å². The first-order chi connectivity index (χ1) is 6.25. The quantitative estimate of drug-likeness (QED) is 0.618. The molecular weight excluding hydrogens is 162 g/mol. The summed E-state index contributed by atoms with van der Waals surface area (Å²) in [6.45, 7) is 7.94. The van der Waals surface area contributed by atoms with Gasteiger partial charge in [-0.15, -0.1) is 0 Å². The Hall–Kier alpha value is -1.38. The van der Waals surface area contributed by atoms with Crippen molar-refractivity contribution in [2.45, 2.75) is 27.7 Å². The minimum Gasteiger partial charge on any atom is -0.234 e. The van der Waals surface area contributed by atoms with E-state index in [4.69, 9.17) is 0 Å². The molecule has 0 unspecified atom stereocenters. The van der Waals surface area contributed by atoms with Crippen LogP contribution in [-0.2, 0) is 0 Å². The average molecular weight is 177 g/mol. The first-order valence-corrected chi connectivity index (χ1v) is 4.55. The van der Waals surface area contributed by atoms with Crippen LogP contribution in [-0.4, -0.2) is 14.6 Å². The number of fused-ring (bicyclic) bond motifs is 1. The highest BCUT2D eigenvalue weighted by Crippen LogP contribution is 2.02. The molecule has 0 saturated heterocycles. The molecule has 0 fully saturated rings. The van der Waals surface area contributed by atoms with Crippen LogP contribution < -0.4 is 0 Å². The van der Waals surface area contributed by atoms with Crippen LogP contribution in [0.4, 0.5) is 0 Å². The summed E-state index contributed by atoms with van der Waals surface area (Å²) in [4.78, 5) is 4.30. The third-order valence-electron chi connectivity index (χ3n) is 1.59. The van der Waals surface area contributed by atoms with E-state index < -0.39 is 0 Å². The lowest BCUT2D eigenvalue weighted by Gasteiger charge is -1.91. The van der Waals surface area contributed by atoms with Crippen LogP contribution in [0.3, 0.4) is 0 Å². The van der Waals surface area contributed by atoms with Crippen LogP contribution in [0.25, 0.3) is 5.65 Å². The van der Waals surface area contributed by atoms with Crippen molar-refractivity contribution in [1.29, 1.82) is 0 Å². The molecule has 0 spiro atoms. The molecule has 0 saturated carbocycles. The van der Waals surface area contributed by atoms with Crippen LogP contribution in [0, 0.1) is 13.8 Å². The first-order valence-electron chi connectivity index (χ1n) is 4.55. The minimum atomic E-state index is 0.919. The van der Waals surface area contributed by atoms with Crippen LogP contribution in [0.5, 0.6) is 0 Å². The van der Waals surface area contributed by atoms with Crippen molar-refractivity contribution >= 4 is 5.65 Å². The maximum atomic E-state index is 4.30. The molecule has 0 aliphatic heterocycles. The van der Waals surface area contributed by atoms with Gasteiger partial charge in [-0.2, -0.15) is 5.10 Å². The second-order valence-electron chi connectivity index (χ2n) is 2.66. The first kappa shape index (κ1) is 9.71. The number of hydrogen-bond acceptors (Lipinski definition) is 2. The van der Waals surface area contributed by atoms with Crippen LogP contribution in [0.1, 0.15) is 25.2 Å². The maximum absolute atomic E-state index is 4.30. The lowest BCUT2D eigenvalue weighted by Crippen LogP contribution is -1.90. The van der Waals surface area contributed by atoms with E-state index in [0.29, 0.717) is 0 Å². The fourth-order valence-corrected chi connectivity index (χ4v) is 1.09. The molecule has 0 radical (unpaired) electrons. The Balaban J connectivity index is 0.000000396. The van der Waals surface area contributed by atoms with E-state index in [2.05, 4.69) is 10.1 Å². The van der Waals surface area contributed by atoms with Crippen LogP contribution in [0.2, 0.25) is 0 Å². The normalized spacial score (nSPS) is 9.54. The van der Waals surface area contributed by atoms with Gasteiger partial charge in [0.15, 0.2) is 5.65 Å². The number of aryl methyl sites for hydroxylation is 2. The molecule has 0 aliphatic rings. The Labute approximate surface area is 78.4 Å². The lowest BCUT2D eigenvalue weighted by molar-refractivity contribution is 0.909. The Morgan fingerprint density at radius 3 is 2.54 bits per heavy atom. The molecular formula is C10H15N3. The van der Waals surface area contributed by atoms with E-state index in [1.165, 1.54) is 0 Å². The summed E-state index contributed by atoms with van der Waals surface area (Å²) in [6.07, 6.45) is 1.92. The number of hydrogen-bond donors (Lipinski definition) is 0. The molecule has 3 nitrogen and oxygen atoms in total. The van der Waals surface area contributed by atoms with Gasteiger partial charge in [0.25, 0.3) is 0 Å². The van der Waals surface area contributed by atoms with Gasteiger partial charge >= 0.3 is 0 Å². The summed E-state index contributed by atoms with van der Waals surface area (Å²) in [5, 5.41) is 4.21. The highest BCUT2D eigenvalue weighted by molar-refractivity contribution is 5.38. The molecule has 2 heterocycles. The summed E-state index contributed by atoms with van der Waals surface area (Å²) < 4.78 is 1.78. The van der Waals surface area contributed by atoms with Crippen molar-refractivity contribution in [2.75, 3.05) is 0 Å². The van der Waals surface area contributed by atoms with Crippen molar-refractivity contribution < 1.29 is 0 Å². The molecule has 0 bridgehead atoms. The zero-order valence-corrected chi connectivity index (χ0v) is 8.57. The SMILES string of the molecule is CC.Cc1ccn2nc(C)cc2n1. The molecule has 2 aromatic heterocycles. The van der Waals surface area contributed by atoms with Gasteiger partial charge < -0.3 is 0 Å². The van der Waals surface area contributed by atoms with Gasteiger partial charge in [0.1, 0.15) is 0 Å². The monoisotopic (exact) mass is 177 g/mol. The molecule has 70 valence electrons. The average Bonchev–Trinajstić information content (AvgIpc) is 2.48. The summed E-state index contributed by atoms with van der Waals surface area (Å²) in [5.41, 5.74) is 2.95. The van der Waals surface area contributed by atoms with E-state index in [1.807, 2.05) is 46.0 Å². The topological polar surface area (TPSA) is 30.2 Å². The van der Waals surface area contributed by atoms with Gasteiger partial charge in [-0.05, 0) is 19.9 Å². The molecule has 2 rings (SSSR count). The smallest absolute Gasteiger partial charge is 0.155 e. The Morgan fingerprint density at radius 2 is 1.85 bits per heavy atom. The second-order valence-corrected chi connectivity index (χ2v) is 2.66. The third kappa shape index (κ3) is 2.05. The van der Waals surface area contributed by atoms with Gasteiger partial charge in [-0.25, -0.2) is 9.50 Å². The molecule has 3 heteroatoms. The predicted octanol–water partition coefficient (Wildman–Crippen LogP) is 2.37. The van der Waals surface area contributed by atoms with Crippen molar-refractivity contribution in [3.05, 3.63) is 29.7 Å². The summed E-state index contributed by atoms with van der Waals surface area (Å²) in [6, 6.07) is 3.91. The van der Waals surface area contributed by atoms with E-state index in [9.17, 15) is 0 Å². The zero-order valence-electron chi connectivity index (χ0n) is 8.57. The predicted molar refractivity (Wildman–Crippen MR) is 53.8 cm³/mol. The Bertz CT molecular complexity index is 390. The van der Waals surface area contributed by atoms with Gasteiger partial charge in [-0.3, -0.25) is 0 Å². The fourth-order valence-electron chi connectivity index (χ4n) is 1.09. The van der Waals surface area contributed by atoms with Crippen molar-refractivity contribution in [3.8, 4) is 0 Å². The van der Waals surface area contributed by atoms with E-state index in [0.717, 1.165) is 17.0 Å². The second kappa shape index (κ2) is 4.03. The molecule has 13 heavy (non-hydrogen) atoms. The number of nitrogens with zero attached hydrogens (tertiary/aromatic N) is 3. The highest BCUT2D eigenvalue weighted by atomic mass is 15.2. The third-order valence-corrected chi connectivity index (χ3v) is 1.59. The fraction of sp³-hybridized carbons (Fsp3) is 0.400. The van der Waals surface area contributed by atoms with Gasteiger partial charge in [0.2, 0.25) is 0 Å². The van der Waals surface area contributed by atoms with Gasteiger partial charge in [0.05, 0.1) is 5.69 Å². The summed E-state index contributed by atoms with van der Waals surface area (Å²) in [7, 11) is 0. The summed E-state index contributed by atoms with van der Waals surface area (Å²) >= 11 is 0. The highest BCUT2D eigenvalue weighted by Gasteiger charge is 1.96. The molecule has 2 aromatic rings. The van der Waals surface area contributed by atoms with Crippen LogP contribution >= 0.6 is 0 Å². The minimum absolute atomic E-state index is 0.919. The standard InChI is InChI=1S/C8H9N3.C2H6/c1-6-3-4-11-8(9-6)5-7(2)10-11;1-2/h3-5H,1-2H3;1-2H3. The van der Waals surface area contributed by atoms with Crippen LogP contribution in [0.15, 0.2) is 18.3 Å². The molecule has 0 aromatic carbocycles. The van der Waals surface area contributed by atoms with E-state index >= 15 is 0 Å². The molecule has 0 N–H and O–H groups in total. The number of aromatic nitrogens is 3. The maximum Gasteiger partial charge on any atom is 0.155 e. The lowest BCUT2D eigenvalue weighted by atomic mass is 10.4. The Morgan fingerprint density at radius 1 is 1.15 bits per heavy atom. The molecule has 0 atom stereocenters. The van der Waals surface area contributed by atoms with E-state index in [1.54, 1.807) is 4.52 Å². The van der Waals surface area contributed by atoms with E-state index in [-0.39, 0.29) is 0 Å². The van der Waals surface area contributed by atoms with Crippen molar-refractivity contribution in [3.63, 3.8) is 0 Å². The number of rotatable bonds is 0. The Kier molecular flexibility index (Phi) is 3.01.